The van der Waals surface area contributed by atoms with Crippen LogP contribution in [0.4, 0.5) is 0 Å². The van der Waals surface area contributed by atoms with Gasteiger partial charge >= 0.3 is 0 Å². The lowest BCUT2D eigenvalue weighted by molar-refractivity contribution is 0.509. The van der Waals surface area contributed by atoms with Gasteiger partial charge in [-0.15, -0.1) is 22.7 Å². The first-order valence-electron chi connectivity index (χ1n) is 6.27. The number of hydrogen-bond acceptors (Lipinski definition) is 3. The van der Waals surface area contributed by atoms with Crippen LogP contribution in [-0.2, 0) is 12.8 Å². The van der Waals surface area contributed by atoms with E-state index in [4.69, 9.17) is 0 Å². The molecule has 4 heteroatoms. The second kappa shape index (κ2) is 7.43. The van der Waals surface area contributed by atoms with Crippen LogP contribution >= 0.6 is 38.6 Å². The van der Waals surface area contributed by atoms with Gasteiger partial charge in [-0.3, -0.25) is 0 Å². The van der Waals surface area contributed by atoms with Gasteiger partial charge in [-0.25, -0.2) is 0 Å². The minimum absolute atomic E-state index is 0.540. The fraction of sp³-hybridized carbons (Fsp3) is 0.429. The lowest BCUT2D eigenvalue weighted by Crippen LogP contribution is -2.33. The number of hydrogen-bond donors (Lipinski definition) is 1. The molecule has 0 bridgehead atoms. The van der Waals surface area contributed by atoms with E-state index >= 15 is 0 Å². The third-order valence-corrected chi connectivity index (χ3v) is 5.68. The summed E-state index contributed by atoms with van der Waals surface area (Å²) in [4.78, 5) is 2.91. The predicted molar refractivity (Wildman–Crippen MR) is 85.8 cm³/mol. The number of thiophene rings is 2. The monoisotopic (exact) mass is 343 g/mol. The zero-order chi connectivity index (χ0) is 12.8. The third-order valence-electron chi connectivity index (χ3n) is 2.83. The molecule has 98 valence electrons. The molecule has 2 rings (SSSR count). The topological polar surface area (TPSA) is 12.0 Å². The van der Waals surface area contributed by atoms with E-state index in [0.717, 1.165) is 19.4 Å². The van der Waals surface area contributed by atoms with Crippen molar-refractivity contribution in [1.29, 1.82) is 0 Å². The van der Waals surface area contributed by atoms with E-state index in [1.165, 1.54) is 20.6 Å². The third kappa shape index (κ3) is 4.19. The Morgan fingerprint density at radius 2 is 2.11 bits per heavy atom. The first kappa shape index (κ1) is 14.3. The molecule has 0 radical (unpaired) electrons. The standard InChI is InChI=1S/C14H18BrNS2/c1-2-6-16-11(9-12-4-3-7-17-12)10-14-13(15)5-8-18-14/h3-5,7-8,11,16H,2,6,9-10H2,1H3. The van der Waals surface area contributed by atoms with E-state index in [1.54, 1.807) is 0 Å². The Morgan fingerprint density at radius 1 is 1.22 bits per heavy atom. The highest BCUT2D eigenvalue weighted by Crippen LogP contribution is 2.25. The summed E-state index contributed by atoms with van der Waals surface area (Å²) in [5, 5.41) is 7.98. The molecule has 0 amide bonds. The van der Waals surface area contributed by atoms with Crippen LogP contribution in [0.5, 0.6) is 0 Å². The maximum absolute atomic E-state index is 3.67. The molecule has 2 aromatic rings. The van der Waals surface area contributed by atoms with E-state index in [0.29, 0.717) is 6.04 Å². The van der Waals surface area contributed by atoms with Crippen LogP contribution in [-0.4, -0.2) is 12.6 Å². The van der Waals surface area contributed by atoms with Gasteiger partial charge < -0.3 is 5.32 Å². The van der Waals surface area contributed by atoms with Gasteiger partial charge in [-0.05, 0) is 64.6 Å². The number of halogens is 1. The fourth-order valence-corrected chi connectivity index (χ4v) is 4.31. The van der Waals surface area contributed by atoms with Crippen molar-refractivity contribution in [3.05, 3.63) is 43.2 Å². The molecule has 0 aliphatic rings. The Bertz CT molecular complexity index is 450. The van der Waals surface area contributed by atoms with Crippen molar-refractivity contribution in [3.8, 4) is 0 Å². The first-order chi connectivity index (χ1) is 8.79. The van der Waals surface area contributed by atoms with Crippen LogP contribution in [0, 0.1) is 0 Å². The average Bonchev–Trinajstić information content (AvgIpc) is 2.99. The Kier molecular flexibility index (Phi) is 5.89. The van der Waals surface area contributed by atoms with Crippen molar-refractivity contribution < 1.29 is 0 Å². The molecular weight excluding hydrogens is 326 g/mol. The normalized spacial score (nSPS) is 12.8. The van der Waals surface area contributed by atoms with E-state index in [-0.39, 0.29) is 0 Å². The quantitative estimate of drug-likeness (QED) is 0.766. The highest BCUT2D eigenvalue weighted by atomic mass is 79.9. The van der Waals surface area contributed by atoms with Crippen LogP contribution in [0.2, 0.25) is 0 Å². The Labute approximate surface area is 125 Å². The molecule has 1 unspecified atom stereocenters. The maximum Gasteiger partial charge on any atom is 0.0314 e. The Balaban J connectivity index is 1.98. The zero-order valence-corrected chi connectivity index (χ0v) is 13.7. The van der Waals surface area contributed by atoms with E-state index in [1.807, 2.05) is 22.7 Å². The van der Waals surface area contributed by atoms with Gasteiger partial charge in [0.05, 0.1) is 0 Å². The lowest BCUT2D eigenvalue weighted by atomic mass is 10.1. The molecule has 1 nitrogen and oxygen atoms in total. The van der Waals surface area contributed by atoms with Crippen molar-refractivity contribution in [1.82, 2.24) is 5.32 Å². The number of rotatable bonds is 7. The summed E-state index contributed by atoms with van der Waals surface area (Å²) in [6, 6.07) is 7.05. The van der Waals surface area contributed by atoms with E-state index in [9.17, 15) is 0 Å². The van der Waals surface area contributed by atoms with Crippen LogP contribution in [0.3, 0.4) is 0 Å². The fourth-order valence-electron chi connectivity index (χ4n) is 1.93. The van der Waals surface area contributed by atoms with Gasteiger partial charge in [0.2, 0.25) is 0 Å². The molecular formula is C14H18BrNS2. The molecule has 0 aromatic carbocycles. The zero-order valence-electron chi connectivity index (χ0n) is 10.5. The van der Waals surface area contributed by atoms with Gasteiger partial charge in [-0.2, -0.15) is 0 Å². The summed E-state index contributed by atoms with van der Waals surface area (Å²) < 4.78 is 1.25. The van der Waals surface area contributed by atoms with Gasteiger partial charge in [0.1, 0.15) is 0 Å². The molecule has 1 N–H and O–H groups in total. The van der Waals surface area contributed by atoms with Crippen molar-refractivity contribution in [2.75, 3.05) is 6.54 Å². The molecule has 0 saturated heterocycles. The SMILES string of the molecule is CCCNC(Cc1cccs1)Cc1sccc1Br. The summed E-state index contributed by atoms with van der Waals surface area (Å²) >= 11 is 7.32. The molecule has 0 aliphatic heterocycles. The van der Waals surface area contributed by atoms with Crippen molar-refractivity contribution in [2.45, 2.75) is 32.2 Å². The van der Waals surface area contributed by atoms with Crippen LogP contribution in [0.15, 0.2) is 33.4 Å². The molecule has 18 heavy (non-hydrogen) atoms. The van der Waals surface area contributed by atoms with Crippen molar-refractivity contribution in [2.24, 2.45) is 0 Å². The largest absolute Gasteiger partial charge is 0.313 e. The summed E-state index contributed by atoms with van der Waals surface area (Å²) in [6.07, 6.45) is 3.42. The minimum Gasteiger partial charge on any atom is -0.313 e. The molecule has 0 fully saturated rings. The van der Waals surface area contributed by atoms with Crippen molar-refractivity contribution >= 4 is 38.6 Å². The van der Waals surface area contributed by atoms with Gasteiger partial charge in [0, 0.05) is 20.3 Å². The Morgan fingerprint density at radius 3 is 2.72 bits per heavy atom. The highest BCUT2D eigenvalue weighted by Gasteiger charge is 2.13. The van der Waals surface area contributed by atoms with Gasteiger partial charge in [0.25, 0.3) is 0 Å². The minimum atomic E-state index is 0.540. The molecule has 0 saturated carbocycles. The second-order valence-electron chi connectivity index (χ2n) is 4.33. The molecule has 0 spiro atoms. The smallest absolute Gasteiger partial charge is 0.0314 e. The van der Waals surface area contributed by atoms with E-state index < -0.39 is 0 Å². The molecule has 2 aromatic heterocycles. The van der Waals surface area contributed by atoms with Crippen LogP contribution in [0.1, 0.15) is 23.1 Å². The summed E-state index contributed by atoms with van der Waals surface area (Å²) in [5.74, 6) is 0. The molecule has 0 aliphatic carbocycles. The van der Waals surface area contributed by atoms with Crippen LogP contribution in [0.25, 0.3) is 0 Å². The first-order valence-corrected chi connectivity index (χ1v) is 8.82. The molecule has 2 heterocycles. The summed E-state index contributed by atoms with van der Waals surface area (Å²) in [7, 11) is 0. The summed E-state index contributed by atoms with van der Waals surface area (Å²) in [6.45, 7) is 3.31. The Hall–Kier alpha value is -0.160. The van der Waals surface area contributed by atoms with Crippen LogP contribution < -0.4 is 5.32 Å². The lowest BCUT2D eigenvalue weighted by Gasteiger charge is -2.17. The second-order valence-corrected chi connectivity index (χ2v) is 7.22. The van der Waals surface area contributed by atoms with Gasteiger partial charge in [-0.1, -0.05) is 13.0 Å². The number of nitrogens with one attached hydrogen (secondary N) is 1. The summed E-state index contributed by atoms with van der Waals surface area (Å²) in [5.41, 5.74) is 0. The van der Waals surface area contributed by atoms with Crippen molar-refractivity contribution in [3.63, 3.8) is 0 Å². The molecule has 1 atom stereocenters. The van der Waals surface area contributed by atoms with Gasteiger partial charge in [0.15, 0.2) is 0 Å². The van der Waals surface area contributed by atoms with E-state index in [2.05, 4.69) is 57.1 Å². The highest BCUT2D eigenvalue weighted by molar-refractivity contribution is 9.10. The average molecular weight is 344 g/mol. The predicted octanol–water partition coefficient (Wildman–Crippen LogP) is 4.73. The maximum atomic E-state index is 3.67.